The van der Waals surface area contributed by atoms with Crippen molar-refractivity contribution in [3.63, 3.8) is 0 Å². The molecule has 2 aliphatic rings. The Kier molecular flexibility index (Phi) is 3.23. The molecule has 0 radical (unpaired) electrons. The number of aryl methyl sites for hydroxylation is 1. The van der Waals surface area contributed by atoms with Crippen LogP contribution in [0.2, 0.25) is 0 Å². The van der Waals surface area contributed by atoms with Crippen LogP contribution in [0.1, 0.15) is 50.4 Å². The van der Waals surface area contributed by atoms with Crippen LogP contribution in [0.3, 0.4) is 0 Å². The Labute approximate surface area is 120 Å². The molecule has 3 nitrogen and oxygen atoms in total. The second-order valence-corrected chi connectivity index (χ2v) is 6.30. The highest BCUT2D eigenvalue weighted by Gasteiger charge is 2.28. The first-order valence-electron chi connectivity index (χ1n) is 8.11. The third-order valence-corrected chi connectivity index (χ3v) is 4.71. The molecule has 1 aromatic carbocycles. The number of hydrogen-bond donors (Lipinski definition) is 1. The van der Waals surface area contributed by atoms with E-state index in [1.165, 1.54) is 61.9 Å². The summed E-state index contributed by atoms with van der Waals surface area (Å²) in [5.41, 5.74) is 2.51. The van der Waals surface area contributed by atoms with Crippen molar-refractivity contribution in [3.8, 4) is 0 Å². The largest absolute Gasteiger partial charge is 0.325 e. The lowest BCUT2D eigenvalue weighted by Crippen LogP contribution is -2.34. The summed E-state index contributed by atoms with van der Waals surface area (Å²) in [6, 6.07) is 10.0. The molecule has 2 aromatic rings. The van der Waals surface area contributed by atoms with Gasteiger partial charge in [-0.25, -0.2) is 4.98 Å². The zero-order chi connectivity index (χ0) is 13.4. The first-order valence-corrected chi connectivity index (χ1v) is 8.11. The summed E-state index contributed by atoms with van der Waals surface area (Å²) >= 11 is 0. The van der Waals surface area contributed by atoms with Gasteiger partial charge in [0.2, 0.25) is 0 Å². The Hall–Kier alpha value is -1.35. The van der Waals surface area contributed by atoms with Gasteiger partial charge >= 0.3 is 0 Å². The van der Waals surface area contributed by atoms with E-state index in [-0.39, 0.29) is 0 Å². The van der Waals surface area contributed by atoms with Crippen molar-refractivity contribution in [3.05, 3.63) is 30.1 Å². The molecular weight excluding hydrogens is 246 g/mol. The molecule has 4 rings (SSSR count). The maximum Gasteiger partial charge on any atom is 0.110 e. The monoisotopic (exact) mass is 269 g/mol. The lowest BCUT2D eigenvalue weighted by atomic mass is 10.0. The molecule has 1 aliphatic carbocycles. The van der Waals surface area contributed by atoms with Crippen LogP contribution in [0.4, 0.5) is 0 Å². The summed E-state index contributed by atoms with van der Waals surface area (Å²) in [5.74, 6) is 1.31. The van der Waals surface area contributed by atoms with Crippen LogP contribution in [-0.2, 0) is 6.42 Å². The molecule has 1 aliphatic heterocycles. The van der Waals surface area contributed by atoms with Crippen LogP contribution >= 0.6 is 0 Å². The highest BCUT2D eigenvalue weighted by atomic mass is 15.1. The third-order valence-electron chi connectivity index (χ3n) is 4.71. The number of hydrogen-bond acceptors (Lipinski definition) is 2. The third kappa shape index (κ3) is 2.35. The quantitative estimate of drug-likeness (QED) is 0.921. The normalized spacial score (nSPS) is 23.3. The molecule has 1 N–H and O–H groups in total. The Morgan fingerprint density at radius 3 is 2.85 bits per heavy atom. The zero-order valence-electron chi connectivity index (χ0n) is 12.0. The number of fused-ring (bicyclic) bond motifs is 1. The minimum Gasteiger partial charge on any atom is -0.325 e. The summed E-state index contributed by atoms with van der Waals surface area (Å²) in [5, 5.41) is 3.65. The van der Waals surface area contributed by atoms with Crippen molar-refractivity contribution in [1.29, 1.82) is 0 Å². The fourth-order valence-corrected chi connectivity index (χ4v) is 3.48. The van der Waals surface area contributed by atoms with E-state index in [1.54, 1.807) is 0 Å². The number of para-hydroxylation sites is 2. The van der Waals surface area contributed by atoms with Crippen LogP contribution in [0.5, 0.6) is 0 Å². The van der Waals surface area contributed by atoms with Crippen LogP contribution < -0.4 is 5.32 Å². The van der Waals surface area contributed by atoms with Crippen molar-refractivity contribution < 1.29 is 0 Å². The van der Waals surface area contributed by atoms with Crippen molar-refractivity contribution in [1.82, 2.24) is 14.9 Å². The molecule has 2 heterocycles. The fourth-order valence-electron chi connectivity index (χ4n) is 3.48. The van der Waals surface area contributed by atoms with Gasteiger partial charge in [-0.15, -0.1) is 0 Å². The molecule has 106 valence electrons. The van der Waals surface area contributed by atoms with E-state index in [9.17, 15) is 0 Å². The van der Waals surface area contributed by atoms with E-state index < -0.39 is 0 Å². The van der Waals surface area contributed by atoms with Gasteiger partial charge in [-0.1, -0.05) is 18.6 Å². The van der Waals surface area contributed by atoms with Gasteiger partial charge in [0.1, 0.15) is 5.82 Å². The molecule has 3 heteroatoms. The number of piperidine rings is 1. The molecule has 0 bridgehead atoms. The van der Waals surface area contributed by atoms with Gasteiger partial charge in [-0.05, 0) is 50.8 Å². The molecule has 0 spiro atoms. The number of nitrogens with zero attached hydrogens (tertiary/aromatic N) is 2. The van der Waals surface area contributed by atoms with Crippen LogP contribution in [-0.4, -0.2) is 22.1 Å². The molecule has 1 unspecified atom stereocenters. The lowest BCUT2D eigenvalue weighted by molar-refractivity contribution is 0.379. The number of imidazole rings is 1. The summed E-state index contributed by atoms with van der Waals surface area (Å²) in [7, 11) is 0. The van der Waals surface area contributed by atoms with Gasteiger partial charge in [0.25, 0.3) is 0 Å². The van der Waals surface area contributed by atoms with E-state index >= 15 is 0 Å². The summed E-state index contributed by atoms with van der Waals surface area (Å²) in [6.45, 7) is 1.20. The molecule has 0 amide bonds. The number of aromatic nitrogens is 2. The van der Waals surface area contributed by atoms with E-state index in [0.29, 0.717) is 6.04 Å². The topological polar surface area (TPSA) is 29.9 Å². The summed E-state index contributed by atoms with van der Waals surface area (Å²) < 4.78 is 2.51. The minimum absolute atomic E-state index is 0.705. The van der Waals surface area contributed by atoms with Crippen molar-refractivity contribution in [2.45, 2.75) is 57.0 Å². The predicted molar refractivity (Wildman–Crippen MR) is 82.0 cm³/mol. The highest BCUT2D eigenvalue weighted by molar-refractivity contribution is 5.76. The lowest BCUT2D eigenvalue weighted by Gasteiger charge is -2.23. The zero-order valence-corrected chi connectivity index (χ0v) is 12.0. The first-order chi connectivity index (χ1) is 9.92. The Morgan fingerprint density at radius 1 is 1.15 bits per heavy atom. The smallest absolute Gasteiger partial charge is 0.110 e. The number of rotatable bonds is 4. The summed E-state index contributed by atoms with van der Waals surface area (Å²) in [4.78, 5) is 4.89. The van der Waals surface area contributed by atoms with E-state index in [2.05, 4.69) is 34.1 Å². The van der Waals surface area contributed by atoms with Crippen molar-refractivity contribution >= 4 is 11.0 Å². The number of benzene rings is 1. The van der Waals surface area contributed by atoms with Gasteiger partial charge in [-0.2, -0.15) is 0 Å². The molecule has 1 saturated carbocycles. The van der Waals surface area contributed by atoms with Crippen LogP contribution in [0.25, 0.3) is 11.0 Å². The predicted octanol–water partition coefficient (Wildman–Crippen LogP) is 3.45. The van der Waals surface area contributed by atoms with Gasteiger partial charge in [-0.3, -0.25) is 0 Å². The second-order valence-electron chi connectivity index (χ2n) is 6.30. The second kappa shape index (κ2) is 5.21. The first kappa shape index (κ1) is 12.4. The van der Waals surface area contributed by atoms with Crippen LogP contribution in [0.15, 0.2) is 24.3 Å². The van der Waals surface area contributed by atoms with Crippen LogP contribution in [0, 0.1) is 0 Å². The molecule has 1 saturated heterocycles. The molecule has 1 aromatic heterocycles. The van der Waals surface area contributed by atoms with Crippen molar-refractivity contribution in [2.75, 3.05) is 6.54 Å². The molecular formula is C17H23N3. The van der Waals surface area contributed by atoms with Gasteiger partial charge < -0.3 is 9.88 Å². The van der Waals surface area contributed by atoms with Gasteiger partial charge in [0.15, 0.2) is 0 Å². The maximum absolute atomic E-state index is 4.89. The van der Waals surface area contributed by atoms with E-state index in [0.717, 1.165) is 12.5 Å². The van der Waals surface area contributed by atoms with Gasteiger partial charge in [0.05, 0.1) is 11.0 Å². The SMILES string of the molecule is c1ccc2c(c1)nc(CCC1CCCCN1)n2C1CC1. The molecule has 1 atom stereocenters. The fraction of sp³-hybridized carbons (Fsp3) is 0.588. The average Bonchev–Trinajstić information content (AvgIpc) is 3.27. The Bertz CT molecular complexity index is 591. The molecule has 2 fully saturated rings. The van der Waals surface area contributed by atoms with E-state index in [1.807, 2.05) is 0 Å². The maximum atomic E-state index is 4.89. The molecule has 20 heavy (non-hydrogen) atoms. The van der Waals surface area contributed by atoms with Crippen molar-refractivity contribution in [2.24, 2.45) is 0 Å². The van der Waals surface area contributed by atoms with Gasteiger partial charge in [0, 0.05) is 18.5 Å². The summed E-state index contributed by atoms with van der Waals surface area (Å²) in [6.07, 6.45) is 9.07. The Morgan fingerprint density at radius 2 is 2.05 bits per heavy atom. The Balaban J connectivity index is 1.57. The number of nitrogens with one attached hydrogen (secondary N) is 1. The minimum atomic E-state index is 0.705. The standard InChI is InChI=1S/C17H23N3/c1-2-7-16-15(6-1)19-17(20(16)14-9-10-14)11-8-13-5-3-4-12-18-13/h1-2,6-7,13-14,18H,3-5,8-12H2. The van der Waals surface area contributed by atoms with E-state index in [4.69, 9.17) is 4.98 Å². The highest BCUT2D eigenvalue weighted by Crippen LogP contribution is 2.38. The average molecular weight is 269 g/mol.